The van der Waals surface area contributed by atoms with Gasteiger partial charge in [0.1, 0.15) is 0 Å². The van der Waals surface area contributed by atoms with E-state index in [1.54, 1.807) is 7.05 Å². The highest BCUT2D eigenvalue weighted by Crippen LogP contribution is 1.99. The van der Waals surface area contributed by atoms with E-state index in [0.717, 1.165) is 19.3 Å². The van der Waals surface area contributed by atoms with Crippen LogP contribution in [0.4, 0.5) is 0 Å². The second kappa shape index (κ2) is 4.72. The summed E-state index contributed by atoms with van der Waals surface area (Å²) in [7, 11) is -1.33. The first kappa shape index (κ1) is 10.9. The summed E-state index contributed by atoms with van der Waals surface area (Å²) in [5, 5.41) is 0. The van der Waals surface area contributed by atoms with Crippen molar-refractivity contribution in [3.05, 3.63) is 0 Å². The van der Waals surface area contributed by atoms with Crippen LogP contribution in [0.15, 0.2) is 0 Å². The normalized spacial score (nSPS) is 12.4. The minimum Gasteiger partial charge on any atom is -0.213 e. The Bertz CT molecular complexity index is 187. The minimum absolute atomic E-state index is 0.646. The summed E-state index contributed by atoms with van der Waals surface area (Å²) in [5.74, 6) is 0. The molecule has 0 bridgehead atoms. The Hall–Kier alpha value is -0.0900. The molecule has 0 amide bonds. The van der Waals surface area contributed by atoms with Crippen LogP contribution in [0, 0.1) is 0 Å². The Kier molecular flexibility index (Phi) is 4.68. The topological polar surface area (TPSA) is 37.4 Å². The van der Waals surface area contributed by atoms with Crippen LogP contribution in [0.1, 0.15) is 26.2 Å². The first-order valence-corrected chi connectivity index (χ1v) is 5.74. The second-order valence-corrected chi connectivity index (χ2v) is 4.88. The fourth-order valence-corrected chi connectivity index (χ4v) is 1.21. The van der Waals surface area contributed by atoms with Crippen LogP contribution >= 0.6 is 0 Å². The summed E-state index contributed by atoms with van der Waals surface area (Å²) in [4.78, 5) is 0. The molecular weight excluding hydrogens is 162 g/mol. The zero-order valence-corrected chi connectivity index (χ0v) is 8.32. The Morgan fingerprint density at radius 3 is 2.18 bits per heavy atom. The molecule has 0 heterocycles. The molecule has 0 aliphatic carbocycles. The van der Waals surface area contributed by atoms with Crippen molar-refractivity contribution in [3.8, 4) is 0 Å². The third kappa shape index (κ3) is 5.21. The van der Waals surface area contributed by atoms with Crippen molar-refractivity contribution in [2.24, 2.45) is 0 Å². The van der Waals surface area contributed by atoms with Gasteiger partial charge >= 0.3 is 0 Å². The highest BCUT2D eigenvalue weighted by molar-refractivity contribution is 7.88. The largest absolute Gasteiger partial charge is 0.213 e. The summed E-state index contributed by atoms with van der Waals surface area (Å²) in [6, 6.07) is 0. The average Bonchev–Trinajstić information content (AvgIpc) is 1.86. The third-order valence-corrected chi connectivity index (χ3v) is 2.96. The number of unbranched alkanes of at least 4 members (excludes halogenated alkanes) is 2. The first-order chi connectivity index (χ1) is 4.98. The monoisotopic (exact) mass is 179 g/mol. The summed E-state index contributed by atoms with van der Waals surface area (Å²) in [6.45, 7) is 2.74. The number of hydrogen-bond acceptors (Lipinski definition) is 2. The second-order valence-electron chi connectivity index (χ2n) is 2.79. The number of nitrogens with zero attached hydrogens (tertiary/aromatic N) is 1. The number of sulfonamides is 1. The highest BCUT2D eigenvalue weighted by Gasteiger charge is 2.08. The van der Waals surface area contributed by atoms with E-state index in [2.05, 4.69) is 6.92 Å². The predicted molar refractivity (Wildman–Crippen MR) is 47.0 cm³/mol. The maximum absolute atomic E-state index is 10.9. The standard InChI is InChI=1S/C7H17NO2S/c1-4-5-6-7-8(2)11(3,9)10/h4-7H2,1-3H3. The lowest BCUT2D eigenvalue weighted by Gasteiger charge is -2.12. The fraction of sp³-hybridized carbons (Fsp3) is 1.00. The Labute approximate surface area is 69.4 Å². The van der Waals surface area contributed by atoms with Gasteiger partial charge in [0.15, 0.2) is 0 Å². The van der Waals surface area contributed by atoms with Gasteiger partial charge in [-0.05, 0) is 6.42 Å². The molecular formula is C7H17NO2S. The van der Waals surface area contributed by atoms with Gasteiger partial charge in [-0.15, -0.1) is 0 Å². The lowest BCUT2D eigenvalue weighted by atomic mass is 10.2. The molecule has 0 aromatic heterocycles. The molecule has 0 saturated heterocycles. The fourth-order valence-electron chi connectivity index (χ4n) is 0.750. The molecule has 68 valence electrons. The average molecular weight is 179 g/mol. The van der Waals surface area contributed by atoms with Crippen molar-refractivity contribution in [2.75, 3.05) is 19.8 Å². The summed E-state index contributed by atoms with van der Waals surface area (Å²) in [6.07, 6.45) is 4.41. The highest BCUT2D eigenvalue weighted by atomic mass is 32.2. The van der Waals surface area contributed by atoms with Crippen molar-refractivity contribution in [3.63, 3.8) is 0 Å². The van der Waals surface area contributed by atoms with Crippen molar-refractivity contribution in [1.29, 1.82) is 0 Å². The zero-order valence-electron chi connectivity index (χ0n) is 7.50. The molecule has 0 radical (unpaired) electrons. The molecule has 0 aromatic carbocycles. The van der Waals surface area contributed by atoms with E-state index < -0.39 is 10.0 Å². The quantitative estimate of drug-likeness (QED) is 0.592. The molecule has 11 heavy (non-hydrogen) atoms. The summed E-state index contributed by atoms with van der Waals surface area (Å²) < 4.78 is 23.1. The molecule has 3 nitrogen and oxygen atoms in total. The van der Waals surface area contributed by atoms with Gasteiger partial charge in [-0.3, -0.25) is 0 Å². The van der Waals surface area contributed by atoms with Crippen molar-refractivity contribution in [2.45, 2.75) is 26.2 Å². The predicted octanol–water partition coefficient (Wildman–Crippen LogP) is 1.07. The van der Waals surface area contributed by atoms with Crippen LogP contribution in [0.25, 0.3) is 0 Å². The van der Waals surface area contributed by atoms with Crippen molar-refractivity contribution >= 4 is 10.0 Å². The van der Waals surface area contributed by atoms with Gasteiger partial charge in [0, 0.05) is 13.6 Å². The van der Waals surface area contributed by atoms with Gasteiger partial charge in [0.2, 0.25) is 10.0 Å². The van der Waals surface area contributed by atoms with Crippen molar-refractivity contribution in [1.82, 2.24) is 4.31 Å². The summed E-state index contributed by atoms with van der Waals surface area (Å²) in [5.41, 5.74) is 0. The van der Waals surface area contributed by atoms with E-state index in [-0.39, 0.29) is 0 Å². The Morgan fingerprint density at radius 2 is 1.82 bits per heavy atom. The van der Waals surface area contributed by atoms with Crippen LogP contribution in [0.2, 0.25) is 0 Å². The lowest BCUT2D eigenvalue weighted by molar-refractivity contribution is 0.459. The van der Waals surface area contributed by atoms with Crippen LogP contribution < -0.4 is 0 Å². The van der Waals surface area contributed by atoms with Gasteiger partial charge in [-0.25, -0.2) is 12.7 Å². The first-order valence-electron chi connectivity index (χ1n) is 3.89. The van der Waals surface area contributed by atoms with Crippen LogP contribution in [0.3, 0.4) is 0 Å². The summed E-state index contributed by atoms with van der Waals surface area (Å²) >= 11 is 0. The molecule has 0 rings (SSSR count). The van der Waals surface area contributed by atoms with Crippen LogP contribution in [-0.4, -0.2) is 32.6 Å². The van der Waals surface area contributed by atoms with E-state index in [9.17, 15) is 8.42 Å². The SMILES string of the molecule is CCCCCN(C)S(C)(=O)=O. The van der Waals surface area contributed by atoms with E-state index >= 15 is 0 Å². The molecule has 0 unspecified atom stereocenters. The smallest absolute Gasteiger partial charge is 0.210 e. The Balaban J connectivity index is 3.62. The Morgan fingerprint density at radius 1 is 1.27 bits per heavy atom. The molecule has 0 N–H and O–H groups in total. The van der Waals surface area contributed by atoms with E-state index in [1.165, 1.54) is 10.6 Å². The molecule has 0 atom stereocenters. The van der Waals surface area contributed by atoms with Gasteiger partial charge in [0.05, 0.1) is 6.26 Å². The lowest BCUT2D eigenvalue weighted by Crippen LogP contribution is -2.26. The zero-order chi connectivity index (χ0) is 8.91. The molecule has 0 aliphatic rings. The van der Waals surface area contributed by atoms with E-state index in [1.807, 2.05) is 0 Å². The van der Waals surface area contributed by atoms with E-state index in [4.69, 9.17) is 0 Å². The van der Waals surface area contributed by atoms with Gasteiger partial charge in [-0.2, -0.15) is 0 Å². The minimum atomic E-state index is -2.95. The molecule has 0 fully saturated rings. The third-order valence-electron chi connectivity index (χ3n) is 1.64. The van der Waals surface area contributed by atoms with Crippen molar-refractivity contribution < 1.29 is 8.42 Å². The molecule has 0 aromatic rings. The van der Waals surface area contributed by atoms with Gasteiger partial charge < -0.3 is 0 Å². The molecule has 4 heteroatoms. The maximum Gasteiger partial charge on any atom is 0.210 e. The number of rotatable bonds is 5. The molecule has 0 spiro atoms. The van der Waals surface area contributed by atoms with E-state index in [0.29, 0.717) is 6.54 Å². The molecule has 0 saturated carbocycles. The number of hydrogen-bond donors (Lipinski definition) is 0. The van der Waals surface area contributed by atoms with Gasteiger partial charge in [0.25, 0.3) is 0 Å². The van der Waals surface area contributed by atoms with Gasteiger partial charge in [-0.1, -0.05) is 19.8 Å². The maximum atomic E-state index is 10.9. The van der Waals surface area contributed by atoms with Crippen LogP contribution in [0.5, 0.6) is 0 Å². The molecule has 0 aliphatic heterocycles. The van der Waals surface area contributed by atoms with Crippen LogP contribution in [-0.2, 0) is 10.0 Å².